The number of aryl methyl sites for hydroxylation is 1. The van der Waals surface area contributed by atoms with Crippen LogP contribution in [0.4, 0.5) is 8.78 Å². The van der Waals surface area contributed by atoms with Crippen molar-refractivity contribution in [1.82, 2.24) is 19.1 Å². The van der Waals surface area contributed by atoms with E-state index < -0.39 is 11.6 Å². The Bertz CT molecular complexity index is 1180. The van der Waals surface area contributed by atoms with Gasteiger partial charge in [-0.2, -0.15) is 5.26 Å². The van der Waals surface area contributed by atoms with Crippen molar-refractivity contribution in [2.75, 3.05) is 0 Å². The molecule has 0 aliphatic rings. The van der Waals surface area contributed by atoms with Crippen LogP contribution in [0.1, 0.15) is 18.3 Å². The summed E-state index contributed by atoms with van der Waals surface area (Å²) in [6, 6.07) is 10.8. The number of benzene rings is 2. The molecule has 0 saturated heterocycles. The largest absolute Gasteiger partial charge is 0.327 e. The molecule has 0 bridgehead atoms. The van der Waals surface area contributed by atoms with E-state index in [1.54, 1.807) is 29.1 Å². The van der Waals surface area contributed by atoms with E-state index in [2.05, 4.69) is 16.0 Å². The maximum atomic E-state index is 14.2. The van der Waals surface area contributed by atoms with Crippen LogP contribution in [0.3, 0.4) is 0 Å². The first-order valence-electron chi connectivity index (χ1n) is 8.46. The van der Waals surface area contributed by atoms with Gasteiger partial charge < -0.3 is 9.13 Å². The van der Waals surface area contributed by atoms with Crippen LogP contribution in [0.15, 0.2) is 48.8 Å². The lowest BCUT2D eigenvalue weighted by molar-refractivity contribution is 0.599. The Morgan fingerprint density at radius 3 is 2.78 bits per heavy atom. The Morgan fingerprint density at radius 1 is 1.15 bits per heavy atom. The summed E-state index contributed by atoms with van der Waals surface area (Å²) < 4.78 is 31.5. The van der Waals surface area contributed by atoms with Gasteiger partial charge in [-0.15, -0.1) is 0 Å². The zero-order valence-corrected chi connectivity index (χ0v) is 14.5. The molecule has 4 aromatic rings. The summed E-state index contributed by atoms with van der Waals surface area (Å²) in [5.41, 5.74) is 2.29. The Morgan fingerprint density at radius 2 is 2.00 bits per heavy atom. The molecular weight excluding hydrogens is 348 g/mol. The van der Waals surface area contributed by atoms with E-state index in [4.69, 9.17) is 5.26 Å². The number of nitriles is 1. The van der Waals surface area contributed by atoms with Crippen LogP contribution in [0.2, 0.25) is 0 Å². The molecule has 0 amide bonds. The number of rotatable bonds is 4. The summed E-state index contributed by atoms with van der Waals surface area (Å²) in [5.74, 6) is 0.0235. The van der Waals surface area contributed by atoms with Crippen LogP contribution in [0, 0.1) is 23.0 Å². The monoisotopic (exact) mass is 363 g/mol. The van der Waals surface area contributed by atoms with Crippen LogP contribution in [-0.2, 0) is 13.1 Å². The quantitative estimate of drug-likeness (QED) is 0.548. The highest BCUT2D eigenvalue weighted by Crippen LogP contribution is 2.24. The van der Waals surface area contributed by atoms with Crippen LogP contribution in [-0.4, -0.2) is 19.1 Å². The summed E-state index contributed by atoms with van der Waals surface area (Å²) in [4.78, 5) is 8.83. The minimum absolute atomic E-state index is 0.103. The molecule has 0 unspecified atom stereocenters. The van der Waals surface area contributed by atoms with Gasteiger partial charge in [-0.3, -0.25) is 0 Å². The maximum Gasteiger partial charge on any atom is 0.143 e. The number of halogens is 2. The first-order chi connectivity index (χ1) is 13.1. The molecule has 2 aromatic heterocycles. The lowest BCUT2D eigenvalue weighted by Gasteiger charge is -2.10. The van der Waals surface area contributed by atoms with Crippen molar-refractivity contribution in [2.45, 2.75) is 20.0 Å². The average Bonchev–Trinajstić information content (AvgIpc) is 3.27. The second-order valence-corrected chi connectivity index (χ2v) is 6.09. The molecule has 0 N–H and O–H groups in total. The van der Waals surface area contributed by atoms with Crippen molar-refractivity contribution in [3.05, 3.63) is 71.8 Å². The molecule has 0 aliphatic carbocycles. The topological polar surface area (TPSA) is 59.4 Å². The molecule has 27 heavy (non-hydrogen) atoms. The highest BCUT2D eigenvalue weighted by atomic mass is 19.1. The normalized spacial score (nSPS) is 11.0. The number of hydrogen-bond donors (Lipinski definition) is 0. The van der Waals surface area contributed by atoms with E-state index in [1.807, 2.05) is 17.6 Å². The van der Waals surface area contributed by atoms with E-state index in [9.17, 15) is 8.78 Å². The number of fused-ring (bicyclic) bond motifs is 1. The van der Waals surface area contributed by atoms with Gasteiger partial charge in [0.25, 0.3) is 0 Å². The number of hydrogen-bond acceptors (Lipinski definition) is 3. The second kappa shape index (κ2) is 6.65. The summed E-state index contributed by atoms with van der Waals surface area (Å²) in [6.45, 7) is 3.04. The van der Waals surface area contributed by atoms with Crippen molar-refractivity contribution < 1.29 is 8.78 Å². The van der Waals surface area contributed by atoms with Gasteiger partial charge in [0, 0.05) is 18.9 Å². The lowest BCUT2D eigenvalue weighted by atomic mass is 10.2. The molecule has 4 rings (SSSR count). The van der Waals surface area contributed by atoms with E-state index in [1.165, 1.54) is 0 Å². The molecule has 7 heteroatoms. The van der Waals surface area contributed by atoms with Crippen molar-refractivity contribution >= 4 is 11.0 Å². The molecule has 2 heterocycles. The molecule has 0 atom stereocenters. The van der Waals surface area contributed by atoms with Crippen molar-refractivity contribution in [2.24, 2.45) is 0 Å². The smallest absolute Gasteiger partial charge is 0.143 e. The Labute approximate surface area is 154 Å². The molecule has 5 nitrogen and oxygen atoms in total. The fourth-order valence-corrected chi connectivity index (χ4v) is 3.23. The third-order valence-corrected chi connectivity index (χ3v) is 4.47. The zero-order chi connectivity index (χ0) is 19.0. The van der Waals surface area contributed by atoms with Gasteiger partial charge in [-0.1, -0.05) is 0 Å². The Kier molecular flexibility index (Phi) is 4.16. The molecule has 0 spiro atoms. The van der Waals surface area contributed by atoms with Crippen LogP contribution in [0.5, 0.6) is 0 Å². The van der Waals surface area contributed by atoms with Crippen LogP contribution in [0.25, 0.3) is 22.4 Å². The zero-order valence-electron chi connectivity index (χ0n) is 14.5. The SMILES string of the molecule is CCn1c(Cn2ccnc2-c2cc(F)ccc2F)nc2cc(C#N)ccc21. The molecule has 2 aromatic carbocycles. The first-order valence-corrected chi connectivity index (χ1v) is 8.46. The molecule has 0 radical (unpaired) electrons. The molecule has 0 aliphatic heterocycles. The van der Waals surface area contributed by atoms with Crippen molar-refractivity contribution in [1.29, 1.82) is 5.26 Å². The van der Waals surface area contributed by atoms with Gasteiger partial charge in [0.1, 0.15) is 23.3 Å². The standard InChI is InChI=1S/C20H15F2N5/c1-2-27-18-6-3-13(11-23)9-17(18)25-19(27)12-26-8-7-24-20(26)15-10-14(21)4-5-16(15)22/h3-10H,2,12H2,1H3. The third kappa shape index (κ3) is 2.95. The lowest BCUT2D eigenvalue weighted by Crippen LogP contribution is -2.09. The summed E-state index contributed by atoms with van der Waals surface area (Å²) in [5, 5.41) is 9.09. The fourth-order valence-electron chi connectivity index (χ4n) is 3.23. The number of aromatic nitrogens is 4. The van der Waals surface area contributed by atoms with Crippen molar-refractivity contribution in [3.63, 3.8) is 0 Å². The van der Waals surface area contributed by atoms with Crippen LogP contribution < -0.4 is 0 Å². The maximum absolute atomic E-state index is 14.2. The van der Waals surface area contributed by atoms with Gasteiger partial charge in [-0.05, 0) is 43.3 Å². The number of nitrogens with zero attached hydrogens (tertiary/aromatic N) is 5. The van der Waals surface area contributed by atoms with Gasteiger partial charge in [0.2, 0.25) is 0 Å². The summed E-state index contributed by atoms with van der Waals surface area (Å²) >= 11 is 0. The third-order valence-electron chi connectivity index (χ3n) is 4.47. The minimum Gasteiger partial charge on any atom is -0.327 e. The Hall–Kier alpha value is -3.53. The van der Waals surface area contributed by atoms with Crippen LogP contribution >= 0.6 is 0 Å². The first kappa shape index (κ1) is 16.9. The number of imidazole rings is 2. The van der Waals surface area contributed by atoms with Gasteiger partial charge >= 0.3 is 0 Å². The molecule has 0 saturated carbocycles. The second-order valence-electron chi connectivity index (χ2n) is 6.09. The highest BCUT2D eigenvalue weighted by molar-refractivity contribution is 5.77. The van der Waals surface area contributed by atoms with E-state index in [0.29, 0.717) is 24.5 Å². The van der Waals surface area contributed by atoms with Crippen molar-refractivity contribution in [3.8, 4) is 17.5 Å². The minimum atomic E-state index is -0.536. The van der Waals surface area contributed by atoms with E-state index in [-0.39, 0.29) is 5.56 Å². The van der Waals surface area contributed by atoms with Gasteiger partial charge in [-0.25, -0.2) is 18.7 Å². The summed E-state index contributed by atoms with van der Waals surface area (Å²) in [6.07, 6.45) is 3.26. The fraction of sp³-hybridized carbons (Fsp3) is 0.150. The summed E-state index contributed by atoms with van der Waals surface area (Å²) in [7, 11) is 0. The molecular formula is C20H15F2N5. The van der Waals surface area contributed by atoms with Gasteiger partial charge in [0.15, 0.2) is 0 Å². The molecule has 0 fully saturated rings. The Balaban J connectivity index is 1.79. The average molecular weight is 363 g/mol. The van der Waals surface area contributed by atoms with Gasteiger partial charge in [0.05, 0.1) is 34.8 Å². The highest BCUT2D eigenvalue weighted by Gasteiger charge is 2.16. The van der Waals surface area contributed by atoms with E-state index in [0.717, 1.165) is 35.1 Å². The predicted octanol–water partition coefficient (Wildman–Crippen LogP) is 4.12. The molecule has 134 valence electrons. The predicted molar refractivity (Wildman–Crippen MR) is 96.8 cm³/mol. The van der Waals surface area contributed by atoms with E-state index >= 15 is 0 Å².